The van der Waals surface area contributed by atoms with Crippen molar-refractivity contribution in [2.75, 3.05) is 4.98 Å². The minimum atomic E-state index is -1.73. The highest BCUT2D eigenvalue weighted by Gasteiger charge is 2.19. The lowest BCUT2D eigenvalue weighted by atomic mass is 10.1. The summed E-state index contributed by atoms with van der Waals surface area (Å²) in [7, 11) is -3.02. The van der Waals surface area contributed by atoms with E-state index < -0.39 is 16.6 Å². The van der Waals surface area contributed by atoms with Crippen molar-refractivity contribution in [3.05, 3.63) is 29.8 Å². The Kier molecular flexibility index (Phi) is 6.22. The number of anilines is 1. The second-order valence-electron chi connectivity index (χ2n) is 7.51. The number of carbonyl (C=O) groups is 1. The van der Waals surface area contributed by atoms with Crippen molar-refractivity contribution in [3.8, 4) is 0 Å². The first-order chi connectivity index (χ1) is 9.55. The molecule has 0 atom stereocenters. The third-order valence-corrected chi connectivity index (χ3v) is 4.62. The average Bonchev–Trinajstić information content (AvgIpc) is 2.27. The first kappa shape index (κ1) is 18.0. The normalized spacial score (nSPS) is 12.1. The predicted octanol–water partition coefficient (Wildman–Crippen LogP) is 4.63. The molecule has 21 heavy (non-hydrogen) atoms. The lowest BCUT2D eigenvalue weighted by Crippen LogP contribution is -2.32. The van der Waals surface area contributed by atoms with Gasteiger partial charge in [0.1, 0.15) is 8.24 Å². The molecule has 5 heteroatoms. The zero-order valence-electron chi connectivity index (χ0n) is 14.2. The molecule has 1 rings (SSSR count). The molecule has 0 saturated heterocycles. The molecular weight excluding hydrogens is 294 g/mol. The fraction of sp³-hybridized carbons (Fsp3) is 0.562. The lowest BCUT2D eigenvalue weighted by molar-refractivity contribution is -0.135. The molecule has 0 aliphatic carbocycles. The van der Waals surface area contributed by atoms with Gasteiger partial charge in [-0.15, -0.1) is 0 Å². The van der Waals surface area contributed by atoms with E-state index in [1.165, 1.54) is 11.3 Å². The molecule has 1 aromatic carbocycles. The quantitative estimate of drug-likeness (QED) is 0.743. The Morgan fingerprint density at radius 1 is 1.05 bits per heavy atom. The molecule has 1 N–H and O–H groups in total. The molecule has 0 aliphatic heterocycles. The summed E-state index contributed by atoms with van der Waals surface area (Å²) in [5.41, 5.74) is 2.47. The highest BCUT2D eigenvalue weighted by molar-refractivity contribution is 6.79. The standard InChI is InChI=1S/C16H29NO2Si2/c1-20(2,3)17-15-12-10-14(11-13-15)8-7-9-16(18)19-21(4,5)6/h10-13,17H,7-9H2,1-6H3. The van der Waals surface area contributed by atoms with Gasteiger partial charge >= 0.3 is 0 Å². The first-order valence-electron chi connectivity index (χ1n) is 7.64. The van der Waals surface area contributed by atoms with Crippen LogP contribution in [0.1, 0.15) is 18.4 Å². The molecule has 118 valence electrons. The Labute approximate surface area is 131 Å². The van der Waals surface area contributed by atoms with Crippen molar-refractivity contribution in [2.24, 2.45) is 0 Å². The van der Waals surface area contributed by atoms with E-state index in [9.17, 15) is 4.79 Å². The maximum Gasteiger partial charge on any atom is 0.292 e. The summed E-state index contributed by atoms with van der Waals surface area (Å²) >= 11 is 0. The second-order valence-corrected chi connectivity index (χ2v) is 16.7. The third-order valence-electron chi connectivity index (χ3n) is 2.74. The van der Waals surface area contributed by atoms with Gasteiger partial charge in [0.2, 0.25) is 8.32 Å². The van der Waals surface area contributed by atoms with Gasteiger partial charge in [0, 0.05) is 12.1 Å². The number of rotatable bonds is 7. The monoisotopic (exact) mass is 323 g/mol. The highest BCUT2D eigenvalue weighted by atomic mass is 28.4. The van der Waals surface area contributed by atoms with E-state index in [1.807, 2.05) is 19.6 Å². The van der Waals surface area contributed by atoms with Gasteiger partial charge in [-0.2, -0.15) is 0 Å². The SMILES string of the molecule is C[Si](C)(C)Nc1ccc(CCCC(=O)O[Si](C)(C)C)cc1. The van der Waals surface area contributed by atoms with Crippen molar-refractivity contribution in [2.45, 2.75) is 58.5 Å². The van der Waals surface area contributed by atoms with E-state index in [2.05, 4.69) is 48.9 Å². The Hall–Kier alpha value is -1.08. The van der Waals surface area contributed by atoms with Crippen molar-refractivity contribution in [1.29, 1.82) is 0 Å². The van der Waals surface area contributed by atoms with Crippen LogP contribution in [0.5, 0.6) is 0 Å². The van der Waals surface area contributed by atoms with Crippen LogP contribution in [0.4, 0.5) is 5.69 Å². The first-order valence-corrected chi connectivity index (χ1v) is 14.5. The largest absolute Gasteiger partial charge is 0.520 e. The van der Waals surface area contributed by atoms with E-state index in [0.717, 1.165) is 12.8 Å². The zero-order chi connectivity index (χ0) is 16.1. The molecule has 0 aromatic heterocycles. The summed E-state index contributed by atoms with van der Waals surface area (Å²) in [5, 5.41) is 0. The van der Waals surface area contributed by atoms with Crippen LogP contribution in [0.25, 0.3) is 0 Å². The molecule has 0 spiro atoms. The van der Waals surface area contributed by atoms with Gasteiger partial charge in [-0.3, -0.25) is 4.79 Å². The van der Waals surface area contributed by atoms with E-state index in [-0.39, 0.29) is 5.97 Å². The third kappa shape index (κ3) is 8.73. The van der Waals surface area contributed by atoms with Crippen LogP contribution in [-0.4, -0.2) is 22.5 Å². The molecule has 0 unspecified atom stereocenters. The number of nitrogens with one attached hydrogen (secondary N) is 1. The smallest absolute Gasteiger partial charge is 0.292 e. The minimum Gasteiger partial charge on any atom is -0.520 e. The van der Waals surface area contributed by atoms with Crippen molar-refractivity contribution in [3.63, 3.8) is 0 Å². The van der Waals surface area contributed by atoms with Crippen molar-refractivity contribution in [1.82, 2.24) is 0 Å². The van der Waals surface area contributed by atoms with Crippen LogP contribution in [0, 0.1) is 0 Å². The van der Waals surface area contributed by atoms with Crippen LogP contribution in [0.15, 0.2) is 24.3 Å². The van der Waals surface area contributed by atoms with Gasteiger partial charge in [0.15, 0.2) is 0 Å². The molecule has 0 amide bonds. The van der Waals surface area contributed by atoms with Gasteiger partial charge in [-0.1, -0.05) is 31.8 Å². The number of benzene rings is 1. The summed E-state index contributed by atoms with van der Waals surface area (Å²) in [6, 6.07) is 8.56. The lowest BCUT2D eigenvalue weighted by Gasteiger charge is -2.19. The Morgan fingerprint density at radius 2 is 1.62 bits per heavy atom. The average molecular weight is 324 g/mol. The van der Waals surface area contributed by atoms with Gasteiger partial charge < -0.3 is 9.41 Å². The maximum absolute atomic E-state index is 11.7. The fourth-order valence-electron chi connectivity index (χ4n) is 2.02. The Balaban J connectivity index is 2.38. The molecule has 1 aromatic rings. The van der Waals surface area contributed by atoms with E-state index in [1.54, 1.807) is 0 Å². The van der Waals surface area contributed by atoms with Crippen molar-refractivity contribution < 1.29 is 9.22 Å². The number of aryl methyl sites for hydroxylation is 1. The summed E-state index contributed by atoms with van der Waals surface area (Å²) in [5.74, 6) is -0.0498. The van der Waals surface area contributed by atoms with E-state index in [4.69, 9.17) is 4.43 Å². The topological polar surface area (TPSA) is 38.3 Å². The summed E-state index contributed by atoms with van der Waals surface area (Å²) in [4.78, 5) is 15.2. The number of hydrogen-bond acceptors (Lipinski definition) is 3. The van der Waals surface area contributed by atoms with Gasteiger partial charge in [-0.05, 0) is 50.2 Å². The molecular formula is C16H29NO2Si2. The summed E-state index contributed by atoms with van der Waals surface area (Å²) in [6.45, 7) is 13.0. The maximum atomic E-state index is 11.7. The molecule has 0 radical (unpaired) electrons. The van der Waals surface area contributed by atoms with Crippen LogP contribution < -0.4 is 4.98 Å². The van der Waals surface area contributed by atoms with Crippen LogP contribution in [0.2, 0.25) is 39.3 Å². The number of carbonyl (C=O) groups excluding carboxylic acids is 1. The predicted molar refractivity (Wildman–Crippen MR) is 95.8 cm³/mol. The summed E-state index contributed by atoms with van der Waals surface area (Å²) < 4.78 is 5.44. The highest BCUT2D eigenvalue weighted by Crippen LogP contribution is 2.15. The van der Waals surface area contributed by atoms with E-state index in [0.29, 0.717) is 6.42 Å². The van der Waals surface area contributed by atoms with Crippen LogP contribution in [0.3, 0.4) is 0 Å². The molecule has 0 heterocycles. The molecule has 0 bridgehead atoms. The van der Waals surface area contributed by atoms with Gasteiger partial charge in [-0.25, -0.2) is 0 Å². The minimum absolute atomic E-state index is 0.0498. The molecule has 0 fully saturated rings. The van der Waals surface area contributed by atoms with Crippen LogP contribution >= 0.6 is 0 Å². The molecule has 3 nitrogen and oxygen atoms in total. The Morgan fingerprint density at radius 3 is 2.10 bits per heavy atom. The van der Waals surface area contributed by atoms with Gasteiger partial charge in [0.25, 0.3) is 5.97 Å². The summed E-state index contributed by atoms with van der Waals surface area (Å²) in [6.07, 6.45) is 2.29. The zero-order valence-corrected chi connectivity index (χ0v) is 16.2. The second kappa shape index (κ2) is 7.27. The van der Waals surface area contributed by atoms with Gasteiger partial charge in [0.05, 0.1) is 0 Å². The Bertz CT molecular complexity index is 459. The molecule has 0 saturated carbocycles. The van der Waals surface area contributed by atoms with Crippen LogP contribution in [-0.2, 0) is 15.6 Å². The number of hydrogen-bond donors (Lipinski definition) is 1. The van der Waals surface area contributed by atoms with E-state index >= 15 is 0 Å². The fourth-order valence-corrected chi connectivity index (χ4v) is 3.83. The van der Waals surface area contributed by atoms with Crippen molar-refractivity contribution >= 4 is 28.2 Å². The molecule has 0 aliphatic rings.